The molecule has 10 heteroatoms. The highest BCUT2D eigenvalue weighted by Gasteiger charge is 2.38. The molecule has 1 N–H and O–H groups in total. The minimum atomic E-state index is -1.42. The average molecular weight is 424 g/mol. The van der Waals surface area contributed by atoms with Gasteiger partial charge < -0.3 is 19.7 Å². The Bertz CT molecular complexity index is 1040. The van der Waals surface area contributed by atoms with Crippen molar-refractivity contribution < 1.29 is 36.6 Å². The summed E-state index contributed by atoms with van der Waals surface area (Å²) >= 11 is 0. The number of ether oxygens (including phenoxy) is 2. The Labute approximate surface area is 168 Å². The van der Waals surface area contributed by atoms with Crippen molar-refractivity contribution in [1.29, 1.82) is 0 Å². The van der Waals surface area contributed by atoms with E-state index in [4.69, 9.17) is 9.47 Å². The van der Waals surface area contributed by atoms with Gasteiger partial charge in [0.1, 0.15) is 17.7 Å². The summed E-state index contributed by atoms with van der Waals surface area (Å²) in [6.45, 7) is 1.61. The summed E-state index contributed by atoms with van der Waals surface area (Å²) in [5.41, 5.74) is -0.0457. The molecule has 0 bridgehead atoms. The first-order valence-electron chi connectivity index (χ1n) is 9.10. The smallest absolute Gasteiger partial charge is 0.262 e. The number of anilines is 1. The molecule has 6 nitrogen and oxygen atoms in total. The summed E-state index contributed by atoms with van der Waals surface area (Å²) in [5.74, 6) is -6.49. The van der Waals surface area contributed by atoms with Crippen LogP contribution in [0.1, 0.15) is 17.3 Å². The number of nitrogens with zero attached hydrogens (tertiary/aromatic N) is 1. The molecule has 0 saturated carbocycles. The molecule has 158 valence electrons. The number of hydrogen-bond acceptors (Lipinski definition) is 4. The Morgan fingerprint density at radius 1 is 1.17 bits per heavy atom. The third-order valence-corrected chi connectivity index (χ3v) is 5.10. The number of rotatable bonds is 4. The van der Waals surface area contributed by atoms with Crippen LogP contribution >= 0.6 is 0 Å². The molecule has 2 amide bonds. The zero-order valence-electron chi connectivity index (χ0n) is 15.7. The van der Waals surface area contributed by atoms with Crippen LogP contribution in [0.3, 0.4) is 0 Å². The lowest BCUT2D eigenvalue weighted by Crippen LogP contribution is -2.55. The molecule has 2 aromatic carbocycles. The van der Waals surface area contributed by atoms with Crippen LogP contribution in [0, 0.1) is 29.2 Å². The molecule has 2 aliphatic heterocycles. The maximum atomic E-state index is 14.3. The van der Waals surface area contributed by atoms with Crippen molar-refractivity contribution in [2.24, 2.45) is 5.92 Å². The first-order valence-corrected chi connectivity index (χ1v) is 9.10. The topological polar surface area (TPSA) is 67.9 Å². The minimum Gasteiger partial charge on any atom is -0.484 e. The number of halogens is 4. The van der Waals surface area contributed by atoms with Crippen LogP contribution in [0.2, 0.25) is 0 Å². The van der Waals surface area contributed by atoms with E-state index in [9.17, 15) is 27.2 Å². The zero-order chi connectivity index (χ0) is 21.6. The first-order chi connectivity index (χ1) is 14.2. The molecule has 0 spiro atoms. The minimum absolute atomic E-state index is 0.131. The molecule has 4 rings (SSSR count). The van der Waals surface area contributed by atoms with Gasteiger partial charge in [-0.05, 0) is 25.1 Å². The Morgan fingerprint density at radius 3 is 2.60 bits per heavy atom. The van der Waals surface area contributed by atoms with E-state index in [2.05, 4.69) is 5.32 Å². The summed E-state index contributed by atoms with van der Waals surface area (Å²) in [5, 5.41) is 2.50. The summed E-state index contributed by atoms with van der Waals surface area (Å²) in [6.07, 6.45) is -0.721. The fraction of sp³-hybridized carbons (Fsp3) is 0.300. The Morgan fingerprint density at radius 2 is 1.87 bits per heavy atom. The lowest BCUT2D eigenvalue weighted by atomic mass is 9.93. The van der Waals surface area contributed by atoms with E-state index >= 15 is 0 Å². The summed E-state index contributed by atoms with van der Waals surface area (Å²) in [6, 6.07) is 3.65. The second kappa shape index (κ2) is 7.51. The van der Waals surface area contributed by atoms with Gasteiger partial charge in [0.15, 0.2) is 24.0 Å². The van der Waals surface area contributed by atoms with Crippen molar-refractivity contribution >= 4 is 17.5 Å². The summed E-state index contributed by atoms with van der Waals surface area (Å²) in [7, 11) is 0. The molecular formula is C20H16F4N2O4. The third-order valence-electron chi connectivity index (χ3n) is 5.10. The molecule has 2 aliphatic rings. The molecular weight excluding hydrogens is 408 g/mol. The number of amides is 2. The van der Waals surface area contributed by atoms with E-state index in [0.717, 1.165) is 12.1 Å². The van der Waals surface area contributed by atoms with Crippen molar-refractivity contribution in [1.82, 2.24) is 4.90 Å². The average Bonchev–Trinajstić information content (AvgIpc) is 2.66. The Balaban J connectivity index is 1.42. The van der Waals surface area contributed by atoms with Crippen LogP contribution in [-0.2, 0) is 4.79 Å². The lowest BCUT2D eigenvalue weighted by Gasteiger charge is -2.42. The molecule has 0 aliphatic carbocycles. The second-order valence-corrected chi connectivity index (χ2v) is 7.13. The van der Waals surface area contributed by atoms with Crippen LogP contribution in [0.4, 0.5) is 23.2 Å². The number of hydrogen-bond donors (Lipinski definition) is 1. The van der Waals surface area contributed by atoms with Gasteiger partial charge in [0.25, 0.3) is 11.8 Å². The highest BCUT2D eigenvalue weighted by atomic mass is 19.2. The molecule has 1 fully saturated rings. The van der Waals surface area contributed by atoms with Crippen LogP contribution in [0.5, 0.6) is 11.5 Å². The number of benzene rings is 2. The SMILES string of the molecule is CC(Oc1c(F)ccc(F)c1F)C1CN(C(=O)c2cc3c(cc2F)OCC(=O)N3)C1. The summed E-state index contributed by atoms with van der Waals surface area (Å²) < 4.78 is 65.5. The van der Waals surface area contributed by atoms with Gasteiger partial charge in [0.2, 0.25) is 5.82 Å². The molecule has 2 heterocycles. The highest BCUT2D eigenvalue weighted by molar-refractivity contribution is 6.00. The van der Waals surface area contributed by atoms with Gasteiger partial charge in [-0.15, -0.1) is 0 Å². The molecule has 0 radical (unpaired) electrons. The number of fused-ring (bicyclic) bond motifs is 1. The highest BCUT2D eigenvalue weighted by Crippen LogP contribution is 2.33. The van der Waals surface area contributed by atoms with Crippen molar-refractivity contribution in [2.75, 3.05) is 25.0 Å². The summed E-state index contributed by atoms with van der Waals surface area (Å²) in [4.78, 5) is 25.4. The van der Waals surface area contributed by atoms with E-state index in [1.807, 2.05) is 0 Å². The molecule has 1 unspecified atom stereocenters. The van der Waals surface area contributed by atoms with E-state index in [1.165, 1.54) is 11.0 Å². The van der Waals surface area contributed by atoms with Gasteiger partial charge in [-0.2, -0.15) is 4.39 Å². The maximum Gasteiger partial charge on any atom is 0.262 e. The van der Waals surface area contributed by atoms with E-state index < -0.39 is 46.9 Å². The fourth-order valence-corrected chi connectivity index (χ4v) is 3.31. The van der Waals surface area contributed by atoms with E-state index in [-0.39, 0.29) is 42.6 Å². The Hall–Kier alpha value is -3.30. The van der Waals surface area contributed by atoms with Gasteiger partial charge in [-0.25, -0.2) is 13.2 Å². The molecule has 30 heavy (non-hydrogen) atoms. The number of likely N-dealkylation sites (tertiary alicyclic amines) is 1. The van der Waals surface area contributed by atoms with Gasteiger partial charge >= 0.3 is 0 Å². The standard InChI is InChI=1S/C20H16F4N2O4/c1-9(30-19-13(22)3-2-12(21)18(19)24)10-6-26(7-10)20(28)11-4-15-16(5-14(11)23)29-8-17(27)25-15/h2-5,9-10H,6-8H2,1H3,(H,25,27). The van der Waals surface area contributed by atoms with Crippen molar-refractivity contribution in [3.8, 4) is 11.5 Å². The monoisotopic (exact) mass is 424 g/mol. The molecule has 1 saturated heterocycles. The Kier molecular flexibility index (Phi) is 5.00. The lowest BCUT2D eigenvalue weighted by molar-refractivity contribution is -0.118. The maximum absolute atomic E-state index is 14.3. The van der Waals surface area contributed by atoms with Gasteiger partial charge in [-0.3, -0.25) is 9.59 Å². The molecule has 0 aromatic heterocycles. The number of carbonyl (C=O) groups is 2. The quantitative estimate of drug-likeness (QED) is 0.605. The predicted molar refractivity (Wildman–Crippen MR) is 96.3 cm³/mol. The van der Waals surface area contributed by atoms with E-state index in [1.54, 1.807) is 6.92 Å². The fourth-order valence-electron chi connectivity index (χ4n) is 3.31. The van der Waals surface area contributed by atoms with Crippen LogP contribution in [0.25, 0.3) is 0 Å². The van der Waals surface area contributed by atoms with E-state index in [0.29, 0.717) is 6.07 Å². The third kappa shape index (κ3) is 3.53. The van der Waals surface area contributed by atoms with Crippen molar-refractivity contribution in [2.45, 2.75) is 13.0 Å². The predicted octanol–water partition coefficient (Wildman–Crippen LogP) is 3.11. The molecule has 2 aromatic rings. The first kappa shape index (κ1) is 20.0. The van der Waals surface area contributed by atoms with Crippen molar-refractivity contribution in [3.05, 3.63) is 53.1 Å². The largest absolute Gasteiger partial charge is 0.484 e. The van der Waals surface area contributed by atoms with Crippen LogP contribution in [-0.4, -0.2) is 42.5 Å². The normalized spacial score (nSPS) is 16.8. The van der Waals surface area contributed by atoms with Gasteiger partial charge in [-0.1, -0.05) is 0 Å². The second-order valence-electron chi connectivity index (χ2n) is 7.13. The number of nitrogens with one attached hydrogen (secondary N) is 1. The van der Waals surface area contributed by atoms with Crippen LogP contribution < -0.4 is 14.8 Å². The van der Waals surface area contributed by atoms with Crippen molar-refractivity contribution in [3.63, 3.8) is 0 Å². The van der Waals surface area contributed by atoms with Gasteiger partial charge in [0.05, 0.1) is 11.3 Å². The zero-order valence-corrected chi connectivity index (χ0v) is 15.7. The number of carbonyl (C=O) groups excluding carboxylic acids is 2. The molecule has 1 atom stereocenters. The van der Waals surface area contributed by atoms with Gasteiger partial charge in [0, 0.05) is 25.1 Å². The van der Waals surface area contributed by atoms with Crippen LogP contribution in [0.15, 0.2) is 24.3 Å².